The van der Waals surface area contributed by atoms with Gasteiger partial charge in [0.1, 0.15) is 0 Å². The van der Waals surface area contributed by atoms with E-state index in [0.29, 0.717) is 6.42 Å². The average Bonchev–Trinajstić information content (AvgIpc) is 1.67. The quantitative estimate of drug-likeness (QED) is 0.670. The van der Waals surface area contributed by atoms with Crippen LogP contribution in [0.15, 0.2) is 0 Å². The van der Waals surface area contributed by atoms with Crippen LogP contribution in [0.4, 0.5) is 0 Å². The molecule has 0 atom stereocenters. The normalized spacial score (nSPS) is 66.0. The summed E-state index contributed by atoms with van der Waals surface area (Å²) >= 11 is 7.43. The standard InChI is InChI=1S/C10H14Br2O2/c11-7-1-8(12)4-9(13,2-7)6-10(14,3-7)5-8/h13-14H,1-6H2. The molecule has 80 valence electrons. The Labute approximate surface area is 100 Å². The highest BCUT2D eigenvalue weighted by Crippen LogP contribution is 2.66. The highest BCUT2D eigenvalue weighted by molar-refractivity contribution is 9.10. The Morgan fingerprint density at radius 1 is 0.643 bits per heavy atom. The van der Waals surface area contributed by atoms with Crippen LogP contribution < -0.4 is 0 Å². The van der Waals surface area contributed by atoms with E-state index in [1.807, 2.05) is 0 Å². The molecule has 4 saturated carbocycles. The maximum atomic E-state index is 10.4. The summed E-state index contributed by atoms with van der Waals surface area (Å²) in [5, 5.41) is 20.8. The van der Waals surface area contributed by atoms with E-state index in [-0.39, 0.29) is 8.65 Å². The number of hydrogen-bond acceptors (Lipinski definition) is 2. The fraction of sp³-hybridized carbons (Fsp3) is 1.00. The van der Waals surface area contributed by atoms with E-state index >= 15 is 0 Å². The van der Waals surface area contributed by atoms with Gasteiger partial charge in [-0.3, -0.25) is 0 Å². The van der Waals surface area contributed by atoms with Crippen molar-refractivity contribution < 1.29 is 10.2 Å². The van der Waals surface area contributed by atoms with Crippen LogP contribution in [0, 0.1) is 0 Å². The van der Waals surface area contributed by atoms with Gasteiger partial charge in [-0.1, -0.05) is 31.9 Å². The Morgan fingerprint density at radius 2 is 1.00 bits per heavy atom. The van der Waals surface area contributed by atoms with Crippen LogP contribution in [0.25, 0.3) is 0 Å². The summed E-state index contributed by atoms with van der Waals surface area (Å²) in [7, 11) is 0. The smallest absolute Gasteiger partial charge is 0.0701 e. The van der Waals surface area contributed by atoms with E-state index < -0.39 is 11.2 Å². The molecule has 0 unspecified atom stereocenters. The minimum Gasteiger partial charge on any atom is -0.390 e. The van der Waals surface area contributed by atoms with Crippen molar-refractivity contribution in [1.29, 1.82) is 0 Å². The highest BCUT2D eigenvalue weighted by Gasteiger charge is 2.66. The third-order valence-electron chi connectivity index (χ3n) is 3.88. The Balaban J connectivity index is 2.08. The van der Waals surface area contributed by atoms with Crippen molar-refractivity contribution in [3.8, 4) is 0 Å². The molecule has 14 heavy (non-hydrogen) atoms. The van der Waals surface area contributed by atoms with Gasteiger partial charge in [0.05, 0.1) is 11.2 Å². The van der Waals surface area contributed by atoms with E-state index in [0.717, 1.165) is 32.1 Å². The number of halogens is 2. The van der Waals surface area contributed by atoms with Gasteiger partial charge in [-0.25, -0.2) is 0 Å². The molecule has 4 heteroatoms. The lowest BCUT2D eigenvalue weighted by molar-refractivity contribution is -0.178. The van der Waals surface area contributed by atoms with Gasteiger partial charge >= 0.3 is 0 Å². The Morgan fingerprint density at radius 3 is 1.29 bits per heavy atom. The molecule has 0 amide bonds. The van der Waals surface area contributed by atoms with Gasteiger partial charge in [0.15, 0.2) is 0 Å². The lowest BCUT2D eigenvalue weighted by Gasteiger charge is -2.64. The first kappa shape index (κ1) is 10.1. The van der Waals surface area contributed by atoms with Crippen molar-refractivity contribution in [3.63, 3.8) is 0 Å². The van der Waals surface area contributed by atoms with Gasteiger partial charge in [0.25, 0.3) is 0 Å². The van der Waals surface area contributed by atoms with Crippen LogP contribution in [0.1, 0.15) is 38.5 Å². The topological polar surface area (TPSA) is 40.5 Å². The second kappa shape index (κ2) is 2.41. The van der Waals surface area contributed by atoms with Gasteiger partial charge < -0.3 is 10.2 Å². The maximum absolute atomic E-state index is 10.4. The number of rotatable bonds is 0. The van der Waals surface area contributed by atoms with Crippen LogP contribution >= 0.6 is 31.9 Å². The third-order valence-corrected chi connectivity index (χ3v) is 5.56. The zero-order chi connectivity index (χ0) is 10.2. The van der Waals surface area contributed by atoms with E-state index in [9.17, 15) is 10.2 Å². The van der Waals surface area contributed by atoms with E-state index in [2.05, 4.69) is 31.9 Å². The minimum atomic E-state index is -0.656. The molecule has 0 aromatic rings. The summed E-state index contributed by atoms with van der Waals surface area (Å²) in [6.45, 7) is 0. The fourth-order valence-corrected chi connectivity index (χ4v) is 7.83. The Hall–Kier alpha value is 0.880. The van der Waals surface area contributed by atoms with Crippen LogP contribution in [0.2, 0.25) is 0 Å². The molecule has 2 nitrogen and oxygen atoms in total. The second-order valence-electron chi connectivity index (χ2n) is 5.81. The molecule has 0 spiro atoms. The third kappa shape index (κ3) is 1.34. The summed E-state index contributed by atoms with van der Waals surface area (Å²) in [6, 6.07) is 0. The summed E-state index contributed by atoms with van der Waals surface area (Å²) in [6.07, 6.45) is 4.72. The summed E-state index contributed by atoms with van der Waals surface area (Å²) in [5.74, 6) is 0. The molecule has 0 radical (unpaired) electrons. The number of alkyl halides is 2. The van der Waals surface area contributed by atoms with Crippen LogP contribution in [-0.4, -0.2) is 30.1 Å². The molecule has 0 heterocycles. The van der Waals surface area contributed by atoms with Gasteiger partial charge in [-0.05, 0) is 32.1 Å². The van der Waals surface area contributed by atoms with E-state index in [1.165, 1.54) is 0 Å². The van der Waals surface area contributed by atoms with Crippen LogP contribution in [0.5, 0.6) is 0 Å². The van der Waals surface area contributed by atoms with Crippen LogP contribution in [-0.2, 0) is 0 Å². The van der Waals surface area contributed by atoms with Crippen molar-refractivity contribution in [1.82, 2.24) is 0 Å². The zero-order valence-electron chi connectivity index (χ0n) is 7.89. The SMILES string of the molecule is OC12CC3(O)CC(Br)(C1)CC(Br)(C2)C3. The first-order valence-electron chi connectivity index (χ1n) is 5.07. The molecule has 2 N–H and O–H groups in total. The predicted molar refractivity (Wildman–Crippen MR) is 60.9 cm³/mol. The van der Waals surface area contributed by atoms with E-state index in [1.54, 1.807) is 0 Å². The number of aliphatic hydroxyl groups is 2. The molecule has 0 aromatic heterocycles. The molecule has 4 bridgehead atoms. The lowest BCUT2D eigenvalue weighted by atomic mass is 9.52. The zero-order valence-corrected chi connectivity index (χ0v) is 11.1. The molecule has 0 saturated heterocycles. The summed E-state index contributed by atoms with van der Waals surface area (Å²) < 4.78 is -0.0938. The second-order valence-corrected chi connectivity index (χ2v) is 9.18. The summed E-state index contributed by atoms with van der Waals surface area (Å²) in [5.41, 5.74) is -1.31. The monoisotopic (exact) mass is 324 g/mol. The van der Waals surface area contributed by atoms with Crippen molar-refractivity contribution in [2.75, 3.05) is 0 Å². The number of hydrogen-bond donors (Lipinski definition) is 2. The maximum Gasteiger partial charge on any atom is 0.0701 e. The van der Waals surface area contributed by atoms with E-state index in [4.69, 9.17) is 0 Å². The first-order chi connectivity index (χ1) is 6.24. The van der Waals surface area contributed by atoms with Gasteiger partial charge in [0.2, 0.25) is 0 Å². The van der Waals surface area contributed by atoms with Crippen molar-refractivity contribution in [3.05, 3.63) is 0 Å². The van der Waals surface area contributed by atoms with Crippen molar-refractivity contribution in [2.24, 2.45) is 0 Å². The van der Waals surface area contributed by atoms with Gasteiger partial charge in [0, 0.05) is 15.1 Å². The molecular weight excluding hydrogens is 312 g/mol. The Bertz CT molecular complexity index is 209. The largest absolute Gasteiger partial charge is 0.390 e. The molecular formula is C10H14Br2O2. The Kier molecular flexibility index (Phi) is 1.74. The average molecular weight is 326 g/mol. The molecule has 4 rings (SSSR count). The van der Waals surface area contributed by atoms with Gasteiger partial charge in [-0.15, -0.1) is 0 Å². The van der Waals surface area contributed by atoms with Crippen LogP contribution in [0.3, 0.4) is 0 Å². The first-order valence-corrected chi connectivity index (χ1v) is 6.65. The van der Waals surface area contributed by atoms with Crippen molar-refractivity contribution in [2.45, 2.75) is 58.4 Å². The molecule has 4 aliphatic carbocycles. The predicted octanol–water partition coefficient (Wildman–Crippen LogP) is 2.10. The lowest BCUT2D eigenvalue weighted by Crippen LogP contribution is -2.68. The molecule has 4 fully saturated rings. The highest BCUT2D eigenvalue weighted by atomic mass is 79.9. The molecule has 4 aliphatic rings. The fourth-order valence-electron chi connectivity index (χ4n) is 4.29. The molecule has 0 aliphatic heterocycles. The summed E-state index contributed by atoms with van der Waals surface area (Å²) in [4.78, 5) is 0. The van der Waals surface area contributed by atoms with Crippen molar-refractivity contribution >= 4 is 31.9 Å². The minimum absolute atomic E-state index is 0.0469. The molecule has 0 aromatic carbocycles. The van der Waals surface area contributed by atoms with Gasteiger partial charge in [-0.2, -0.15) is 0 Å².